The summed E-state index contributed by atoms with van der Waals surface area (Å²) >= 11 is 5.12. The van der Waals surface area contributed by atoms with E-state index in [4.69, 9.17) is 12.2 Å². The van der Waals surface area contributed by atoms with Crippen molar-refractivity contribution in [2.75, 3.05) is 5.32 Å². The summed E-state index contributed by atoms with van der Waals surface area (Å²) in [6, 6.07) is 23.0. The Hall–Kier alpha value is -3.51. The molecule has 0 bridgehead atoms. The first-order valence-corrected chi connectivity index (χ1v) is 8.53. The molecule has 5 nitrogen and oxygen atoms in total. The highest BCUT2D eigenvalue weighted by atomic mass is 32.1. The van der Waals surface area contributed by atoms with Gasteiger partial charge < -0.3 is 15.2 Å². The number of hydrogen-bond acceptors (Lipinski definition) is 4. The van der Waals surface area contributed by atoms with E-state index in [0.717, 1.165) is 11.1 Å². The van der Waals surface area contributed by atoms with Crippen LogP contribution in [-0.4, -0.2) is 17.0 Å². The van der Waals surface area contributed by atoms with Crippen molar-refractivity contribution < 1.29 is 14.7 Å². The summed E-state index contributed by atoms with van der Waals surface area (Å²) in [6.07, 6.45) is 0. The third kappa shape index (κ3) is 4.77. The third-order valence-electron chi connectivity index (χ3n) is 3.84. The topological polar surface area (TPSA) is 81.3 Å². The molecule has 0 fully saturated rings. The normalized spacial score (nSPS) is 10.1. The van der Waals surface area contributed by atoms with Crippen LogP contribution in [0, 0.1) is 0 Å². The standard InChI is InChI=1S/C21H16N2O3S/c24-19(16-11-9-15(10-12-16)14-5-2-1-3-6-14)23-21(27)22-18-8-4-7-17(13-18)20(25)26/h1-13H,(H,25,26)(H2,22,23,24,27)/p-1. The van der Waals surface area contributed by atoms with E-state index < -0.39 is 5.97 Å². The van der Waals surface area contributed by atoms with Crippen LogP contribution >= 0.6 is 12.2 Å². The molecule has 3 aromatic rings. The van der Waals surface area contributed by atoms with Gasteiger partial charge >= 0.3 is 0 Å². The van der Waals surface area contributed by atoms with Gasteiger partial charge in [0.05, 0.1) is 5.97 Å². The average Bonchev–Trinajstić information content (AvgIpc) is 2.69. The molecule has 0 aromatic heterocycles. The molecule has 6 heteroatoms. The van der Waals surface area contributed by atoms with Crippen LogP contribution < -0.4 is 15.7 Å². The van der Waals surface area contributed by atoms with Gasteiger partial charge in [-0.25, -0.2) is 0 Å². The Morgan fingerprint density at radius 2 is 1.44 bits per heavy atom. The number of amides is 1. The fourth-order valence-corrected chi connectivity index (χ4v) is 2.72. The fraction of sp³-hybridized carbons (Fsp3) is 0. The molecule has 0 saturated carbocycles. The first-order valence-electron chi connectivity index (χ1n) is 8.12. The van der Waals surface area contributed by atoms with E-state index in [-0.39, 0.29) is 16.6 Å². The minimum Gasteiger partial charge on any atom is -0.545 e. The summed E-state index contributed by atoms with van der Waals surface area (Å²) in [5, 5.41) is 16.3. The van der Waals surface area contributed by atoms with Crippen LogP contribution in [0.4, 0.5) is 5.69 Å². The summed E-state index contributed by atoms with van der Waals surface area (Å²) < 4.78 is 0. The lowest BCUT2D eigenvalue weighted by Crippen LogP contribution is -2.34. The number of benzene rings is 3. The lowest BCUT2D eigenvalue weighted by Gasteiger charge is -2.11. The van der Waals surface area contributed by atoms with Crippen molar-refractivity contribution >= 4 is 34.9 Å². The van der Waals surface area contributed by atoms with Crippen LogP contribution in [0.2, 0.25) is 0 Å². The van der Waals surface area contributed by atoms with Gasteiger partial charge in [0.15, 0.2) is 5.11 Å². The van der Waals surface area contributed by atoms with Crippen LogP contribution in [0.25, 0.3) is 11.1 Å². The number of rotatable bonds is 4. The van der Waals surface area contributed by atoms with Crippen molar-refractivity contribution in [1.82, 2.24) is 5.32 Å². The summed E-state index contributed by atoms with van der Waals surface area (Å²) in [5.74, 6) is -1.64. The molecule has 0 aliphatic rings. The van der Waals surface area contributed by atoms with Gasteiger partial charge in [-0.15, -0.1) is 0 Å². The van der Waals surface area contributed by atoms with E-state index in [1.165, 1.54) is 12.1 Å². The number of carboxylic acid groups (broad SMARTS) is 1. The Morgan fingerprint density at radius 1 is 0.778 bits per heavy atom. The summed E-state index contributed by atoms with van der Waals surface area (Å²) in [6.45, 7) is 0. The first kappa shape index (κ1) is 18.3. The van der Waals surface area contributed by atoms with E-state index >= 15 is 0 Å². The van der Waals surface area contributed by atoms with E-state index in [0.29, 0.717) is 11.3 Å². The maximum absolute atomic E-state index is 12.3. The zero-order valence-electron chi connectivity index (χ0n) is 14.1. The second-order valence-electron chi connectivity index (χ2n) is 5.72. The monoisotopic (exact) mass is 375 g/mol. The predicted octanol–water partition coefficient (Wildman–Crippen LogP) is 2.84. The molecular formula is C21H15N2O3S-. The van der Waals surface area contributed by atoms with Crippen LogP contribution in [0.5, 0.6) is 0 Å². The molecule has 0 aliphatic heterocycles. The molecule has 134 valence electrons. The van der Waals surface area contributed by atoms with E-state index in [1.54, 1.807) is 24.3 Å². The van der Waals surface area contributed by atoms with Gasteiger partial charge in [-0.1, -0.05) is 54.6 Å². The molecule has 0 heterocycles. The Bertz CT molecular complexity index is 986. The van der Waals surface area contributed by atoms with Crippen LogP contribution in [-0.2, 0) is 0 Å². The Kier molecular flexibility index (Phi) is 5.58. The number of nitrogens with one attached hydrogen (secondary N) is 2. The van der Waals surface area contributed by atoms with Crippen molar-refractivity contribution in [3.05, 3.63) is 90.0 Å². The molecule has 0 atom stereocenters. The predicted molar refractivity (Wildman–Crippen MR) is 106 cm³/mol. The van der Waals surface area contributed by atoms with Crippen LogP contribution in [0.3, 0.4) is 0 Å². The number of aromatic carboxylic acids is 1. The Morgan fingerprint density at radius 3 is 2.11 bits per heavy atom. The van der Waals surface area contributed by atoms with Gasteiger partial charge in [-0.2, -0.15) is 0 Å². The van der Waals surface area contributed by atoms with Crippen molar-refractivity contribution in [2.45, 2.75) is 0 Å². The second kappa shape index (κ2) is 8.25. The van der Waals surface area contributed by atoms with Crippen molar-refractivity contribution in [3.63, 3.8) is 0 Å². The highest BCUT2D eigenvalue weighted by Gasteiger charge is 2.09. The molecule has 3 rings (SSSR count). The fourth-order valence-electron chi connectivity index (χ4n) is 2.51. The minimum atomic E-state index is -1.29. The van der Waals surface area contributed by atoms with Gasteiger partial charge in [0.2, 0.25) is 0 Å². The number of hydrogen-bond donors (Lipinski definition) is 2. The smallest absolute Gasteiger partial charge is 0.257 e. The number of carboxylic acids is 1. The van der Waals surface area contributed by atoms with Crippen molar-refractivity contribution in [3.8, 4) is 11.1 Å². The zero-order chi connectivity index (χ0) is 19.2. The average molecular weight is 375 g/mol. The van der Waals surface area contributed by atoms with Gasteiger partial charge in [-0.05, 0) is 53.2 Å². The lowest BCUT2D eigenvalue weighted by molar-refractivity contribution is -0.255. The molecule has 0 saturated heterocycles. The number of anilines is 1. The highest BCUT2D eigenvalue weighted by molar-refractivity contribution is 7.80. The Labute approximate surface area is 161 Å². The quantitative estimate of drug-likeness (QED) is 0.686. The molecule has 2 N–H and O–H groups in total. The SMILES string of the molecule is O=C([O-])c1cccc(NC(=S)NC(=O)c2ccc(-c3ccccc3)cc2)c1. The van der Waals surface area contributed by atoms with E-state index in [9.17, 15) is 14.7 Å². The van der Waals surface area contributed by atoms with Crippen molar-refractivity contribution in [2.24, 2.45) is 0 Å². The van der Waals surface area contributed by atoms with Gasteiger partial charge in [-0.3, -0.25) is 10.1 Å². The van der Waals surface area contributed by atoms with Crippen molar-refractivity contribution in [1.29, 1.82) is 0 Å². The van der Waals surface area contributed by atoms with E-state index in [1.807, 2.05) is 42.5 Å². The number of thiocarbonyl (C=S) groups is 1. The molecular weight excluding hydrogens is 360 g/mol. The maximum Gasteiger partial charge on any atom is 0.257 e. The molecule has 0 aliphatic carbocycles. The zero-order valence-corrected chi connectivity index (χ0v) is 15.0. The molecule has 3 aromatic carbocycles. The lowest BCUT2D eigenvalue weighted by atomic mass is 10.0. The first-order chi connectivity index (χ1) is 13.0. The minimum absolute atomic E-state index is 0.0191. The molecule has 27 heavy (non-hydrogen) atoms. The van der Waals surface area contributed by atoms with Crippen LogP contribution in [0.1, 0.15) is 20.7 Å². The maximum atomic E-state index is 12.3. The van der Waals surface area contributed by atoms with Crippen LogP contribution in [0.15, 0.2) is 78.9 Å². The number of carbonyl (C=O) groups excluding carboxylic acids is 2. The van der Waals surface area contributed by atoms with Gasteiger partial charge in [0, 0.05) is 11.3 Å². The van der Waals surface area contributed by atoms with Gasteiger partial charge in [0.25, 0.3) is 5.91 Å². The molecule has 0 spiro atoms. The second-order valence-corrected chi connectivity index (χ2v) is 6.13. The molecule has 0 radical (unpaired) electrons. The summed E-state index contributed by atoms with van der Waals surface area (Å²) in [5.41, 5.74) is 3.00. The summed E-state index contributed by atoms with van der Waals surface area (Å²) in [4.78, 5) is 23.2. The largest absolute Gasteiger partial charge is 0.545 e. The van der Waals surface area contributed by atoms with Gasteiger partial charge in [0.1, 0.15) is 0 Å². The molecule has 0 unspecified atom stereocenters. The number of carbonyl (C=O) groups is 2. The third-order valence-corrected chi connectivity index (χ3v) is 4.04. The van der Waals surface area contributed by atoms with E-state index in [2.05, 4.69) is 10.6 Å². The molecule has 1 amide bonds. The highest BCUT2D eigenvalue weighted by Crippen LogP contribution is 2.19. The Balaban J connectivity index is 1.64. The summed E-state index contributed by atoms with van der Waals surface area (Å²) in [7, 11) is 0.